The number of carboxylic acids is 1. The molecular formula is C18H22N2O3. The lowest BCUT2D eigenvalue weighted by Crippen LogP contribution is -2.47. The van der Waals surface area contributed by atoms with E-state index >= 15 is 0 Å². The number of pyridine rings is 1. The highest BCUT2D eigenvalue weighted by Gasteiger charge is 2.35. The molecule has 23 heavy (non-hydrogen) atoms. The van der Waals surface area contributed by atoms with Crippen molar-refractivity contribution in [3.8, 4) is 0 Å². The van der Waals surface area contributed by atoms with Crippen molar-refractivity contribution < 1.29 is 15.0 Å². The average Bonchev–Trinajstić information content (AvgIpc) is 2.54. The molecule has 2 aromatic rings. The zero-order valence-electron chi connectivity index (χ0n) is 13.5. The first-order valence-electron chi connectivity index (χ1n) is 8.00. The number of hydrogen-bond acceptors (Lipinski definition) is 4. The molecule has 0 unspecified atom stereocenters. The minimum atomic E-state index is -0.942. The van der Waals surface area contributed by atoms with Crippen LogP contribution in [0, 0.1) is 5.92 Å². The first-order valence-corrected chi connectivity index (χ1v) is 8.00. The molecule has 1 aromatic heterocycles. The summed E-state index contributed by atoms with van der Waals surface area (Å²) >= 11 is 0. The molecule has 122 valence electrons. The fourth-order valence-electron chi connectivity index (χ4n) is 3.25. The number of aromatic nitrogens is 1. The van der Waals surface area contributed by atoms with Gasteiger partial charge < -0.3 is 15.1 Å². The van der Waals surface area contributed by atoms with Gasteiger partial charge in [-0.25, -0.2) is 4.79 Å². The third kappa shape index (κ3) is 2.88. The zero-order chi connectivity index (χ0) is 16.6. The van der Waals surface area contributed by atoms with Crippen molar-refractivity contribution in [1.29, 1.82) is 0 Å². The number of nitrogens with zero attached hydrogens (tertiary/aromatic N) is 2. The Balaban J connectivity index is 1.90. The molecule has 0 spiro atoms. The van der Waals surface area contributed by atoms with Crippen molar-refractivity contribution in [1.82, 2.24) is 4.98 Å². The van der Waals surface area contributed by atoms with Crippen molar-refractivity contribution in [2.24, 2.45) is 5.92 Å². The van der Waals surface area contributed by atoms with Crippen LogP contribution in [0.15, 0.2) is 30.5 Å². The molecule has 1 saturated heterocycles. The SMILES string of the molecule is CC(C)C1(O)CCN(c2ccc3nccc(C(=O)O)c3c2)CC1. The summed E-state index contributed by atoms with van der Waals surface area (Å²) < 4.78 is 0. The number of piperidine rings is 1. The van der Waals surface area contributed by atoms with E-state index in [0.717, 1.165) is 31.6 Å². The Morgan fingerprint density at radius 1 is 1.26 bits per heavy atom. The summed E-state index contributed by atoms with van der Waals surface area (Å²) in [6, 6.07) is 7.26. The number of anilines is 1. The minimum absolute atomic E-state index is 0.240. The fraction of sp³-hybridized carbons (Fsp3) is 0.444. The third-order valence-corrected chi connectivity index (χ3v) is 5.02. The van der Waals surface area contributed by atoms with Crippen LogP contribution in [-0.4, -0.2) is 39.9 Å². The molecule has 3 rings (SSSR count). The normalized spacial score (nSPS) is 17.7. The first kappa shape index (κ1) is 15.7. The van der Waals surface area contributed by atoms with E-state index in [4.69, 9.17) is 0 Å². The molecule has 1 aliphatic rings. The fourth-order valence-corrected chi connectivity index (χ4v) is 3.25. The molecule has 0 saturated carbocycles. The summed E-state index contributed by atoms with van der Waals surface area (Å²) in [6.45, 7) is 5.64. The number of rotatable bonds is 3. The maximum Gasteiger partial charge on any atom is 0.336 e. The lowest BCUT2D eigenvalue weighted by molar-refractivity contribution is -0.0262. The minimum Gasteiger partial charge on any atom is -0.478 e. The van der Waals surface area contributed by atoms with E-state index in [9.17, 15) is 15.0 Å². The Bertz CT molecular complexity index is 734. The van der Waals surface area contributed by atoms with Gasteiger partial charge in [0.05, 0.1) is 16.7 Å². The van der Waals surface area contributed by atoms with Crippen LogP contribution in [0.25, 0.3) is 10.9 Å². The second-order valence-electron chi connectivity index (χ2n) is 6.61. The molecule has 2 N–H and O–H groups in total. The number of carbonyl (C=O) groups is 1. The van der Waals surface area contributed by atoms with E-state index in [-0.39, 0.29) is 11.5 Å². The molecule has 0 aliphatic carbocycles. The monoisotopic (exact) mass is 314 g/mol. The number of aliphatic hydroxyl groups is 1. The molecule has 0 amide bonds. The summed E-state index contributed by atoms with van der Waals surface area (Å²) in [4.78, 5) is 17.8. The molecular weight excluding hydrogens is 292 g/mol. The van der Waals surface area contributed by atoms with Crippen molar-refractivity contribution in [3.05, 3.63) is 36.0 Å². The van der Waals surface area contributed by atoms with Crippen LogP contribution in [0.1, 0.15) is 37.0 Å². The van der Waals surface area contributed by atoms with Gasteiger partial charge in [-0.1, -0.05) is 13.8 Å². The first-order chi connectivity index (χ1) is 10.9. The van der Waals surface area contributed by atoms with Crippen molar-refractivity contribution in [2.45, 2.75) is 32.3 Å². The highest BCUT2D eigenvalue weighted by molar-refractivity contribution is 6.03. The maximum atomic E-state index is 11.4. The summed E-state index contributed by atoms with van der Waals surface area (Å²) in [5, 5.41) is 20.6. The van der Waals surface area contributed by atoms with Crippen LogP contribution in [-0.2, 0) is 0 Å². The molecule has 0 radical (unpaired) electrons. The van der Waals surface area contributed by atoms with Gasteiger partial charge in [0.2, 0.25) is 0 Å². The van der Waals surface area contributed by atoms with Crippen LogP contribution in [0.3, 0.4) is 0 Å². The van der Waals surface area contributed by atoms with Gasteiger partial charge in [0.15, 0.2) is 0 Å². The number of carboxylic acid groups (broad SMARTS) is 1. The molecule has 0 atom stereocenters. The predicted molar refractivity (Wildman–Crippen MR) is 89.9 cm³/mol. The molecule has 5 heteroatoms. The Kier molecular flexibility index (Phi) is 3.98. The average molecular weight is 314 g/mol. The standard InChI is InChI=1S/C18H22N2O3/c1-12(2)18(23)6-9-20(10-7-18)13-3-4-16-15(11-13)14(17(21)22)5-8-19-16/h3-5,8,11-12,23H,6-7,9-10H2,1-2H3,(H,21,22). The highest BCUT2D eigenvalue weighted by Crippen LogP contribution is 2.33. The maximum absolute atomic E-state index is 11.4. The third-order valence-electron chi connectivity index (χ3n) is 5.02. The number of hydrogen-bond donors (Lipinski definition) is 2. The molecule has 0 bridgehead atoms. The Hall–Kier alpha value is -2.14. The van der Waals surface area contributed by atoms with E-state index < -0.39 is 11.6 Å². The van der Waals surface area contributed by atoms with E-state index in [2.05, 4.69) is 23.7 Å². The van der Waals surface area contributed by atoms with Gasteiger partial charge >= 0.3 is 5.97 Å². The predicted octanol–water partition coefficient (Wildman–Crippen LogP) is 2.92. The van der Waals surface area contributed by atoms with Gasteiger partial charge in [-0.2, -0.15) is 0 Å². The van der Waals surface area contributed by atoms with Gasteiger partial charge in [-0.3, -0.25) is 4.98 Å². The van der Waals surface area contributed by atoms with Gasteiger partial charge in [0.1, 0.15) is 0 Å². The Morgan fingerprint density at radius 3 is 2.57 bits per heavy atom. The Labute approximate surface area is 135 Å². The molecule has 1 fully saturated rings. The lowest BCUT2D eigenvalue weighted by Gasteiger charge is -2.41. The van der Waals surface area contributed by atoms with Gasteiger partial charge in [-0.15, -0.1) is 0 Å². The van der Waals surface area contributed by atoms with Gasteiger partial charge in [-0.05, 0) is 43.0 Å². The summed E-state index contributed by atoms with van der Waals surface area (Å²) in [7, 11) is 0. The smallest absolute Gasteiger partial charge is 0.336 e. The van der Waals surface area contributed by atoms with E-state index in [0.29, 0.717) is 10.9 Å². The largest absolute Gasteiger partial charge is 0.478 e. The van der Waals surface area contributed by atoms with Crippen LogP contribution >= 0.6 is 0 Å². The van der Waals surface area contributed by atoms with Crippen molar-refractivity contribution in [2.75, 3.05) is 18.0 Å². The number of benzene rings is 1. The molecule has 2 heterocycles. The van der Waals surface area contributed by atoms with Crippen molar-refractivity contribution >= 4 is 22.6 Å². The number of aromatic carboxylic acids is 1. The van der Waals surface area contributed by atoms with E-state index in [1.165, 1.54) is 12.3 Å². The highest BCUT2D eigenvalue weighted by atomic mass is 16.4. The summed E-state index contributed by atoms with van der Waals surface area (Å²) in [5.74, 6) is -0.702. The van der Waals surface area contributed by atoms with Crippen LogP contribution in [0.4, 0.5) is 5.69 Å². The zero-order valence-corrected chi connectivity index (χ0v) is 13.5. The summed E-state index contributed by atoms with van der Waals surface area (Å²) in [5.41, 5.74) is 1.34. The van der Waals surface area contributed by atoms with Crippen LogP contribution < -0.4 is 4.90 Å². The van der Waals surface area contributed by atoms with Gasteiger partial charge in [0.25, 0.3) is 0 Å². The molecule has 5 nitrogen and oxygen atoms in total. The lowest BCUT2D eigenvalue weighted by atomic mass is 9.81. The second-order valence-corrected chi connectivity index (χ2v) is 6.61. The van der Waals surface area contributed by atoms with Crippen LogP contribution in [0.2, 0.25) is 0 Å². The molecule has 1 aromatic carbocycles. The second kappa shape index (κ2) is 5.81. The van der Waals surface area contributed by atoms with Crippen LogP contribution in [0.5, 0.6) is 0 Å². The topological polar surface area (TPSA) is 73.7 Å². The van der Waals surface area contributed by atoms with E-state index in [1.807, 2.05) is 18.2 Å². The van der Waals surface area contributed by atoms with Gasteiger partial charge in [0, 0.05) is 30.4 Å². The number of fused-ring (bicyclic) bond motifs is 1. The summed E-state index contributed by atoms with van der Waals surface area (Å²) in [6.07, 6.45) is 2.97. The van der Waals surface area contributed by atoms with E-state index in [1.54, 1.807) is 0 Å². The Morgan fingerprint density at radius 2 is 1.96 bits per heavy atom. The van der Waals surface area contributed by atoms with Crippen molar-refractivity contribution in [3.63, 3.8) is 0 Å². The molecule has 1 aliphatic heterocycles. The quantitative estimate of drug-likeness (QED) is 0.911.